The number of sulfone groups is 1. The van der Waals surface area contributed by atoms with Crippen LogP contribution >= 0.6 is 0 Å². The van der Waals surface area contributed by atoms with E-state index in [4.69, 9.17) is 10.5 Å². The molecule has 0 aliphatic rings. The molecule has 0 atom stereocenters. The van der Waals surface area contributed by atoms with Crippen LogP contribution in [0.25, 0.3) is 0 Å². The van der Waals surface area contributed by atoms with Gasteiger partial charge in [0.1, 0.15) is 0 Å². The van der Waals surface area contributed by atoms with Crippen molar-refractivity contribution in [2.75, 3.05) is 24.7 Å². The van der Waals surface area contributed by atoms with E-state index in [9.17, 15) is 8.42 Å². The fraction of sp³-hybridized carbons (Fsp3) is 0.500. The summed E-state index contributed by atoms with van der Waals surface area (Å²) in [7, 11) is -3.26. The van der Waals surface area contributed by atoms with Crippen molar-refractivity contribution in [3.8, 4) is 0 Å². The van der Waals surface area contributed by atoms with E-state index in [2.05, 4.69) is 0 Å². The van der Waals surface area contributed by atoms with E-state index in [1.54, 1.807) is 19.1 Å². The molecule has 0 radical (unpaired) electrons. The lowest BCUT2D eigenvalue weighted by atomic mass is 10.2. The molecule has 0 amide bonds. The van der Waals surface area contributed by atoms with Gasteiger partial charge in [0.2, 0.25) is 0 Å². The Morgan fingerprint density at radius 2 is 2.00 bits per heavy atom. The smallest absolute Gasteiger partial charge is 0.180 e. The summed E-state index contributed by atoms with van der Waals surface area (Å²) in [4.78, 5) is 0.310. The minimum absolute atomic E-state index is 0.0103. The highest BCUT2D eigenvalue weighted by Gasteiger charge is 2.14. The van der Waals surface area contributed by atoms with Crippen LogP contribution in [0.2, 0.25) is 0 Å². The first kappa shape index (κ1) is 14.0. The predicted molar refractivity (Wildman–Crippen MR) is 68.8 cm³/mol. The fourth-order valence-electron chi connectivity index (χ4n) is 1.37. The van der Waals surface area contributed by atoms with Crippen LogP contribution in [-0.2, 0) is 14.6 Å². The van der Waals surface area contributed by atoms with E-state index in [1.807, 2.05) is 6.92 Å². The highest BCUT2D eigenvalue weighted by molar-refractivity contribution is 7.91. The summed E-state index contributed by atoms with van der Waals surface area (Å²) in [5.74, 6) is 0.0103. The second kappa shape index (κ2) is 6.02. The second-order valence-electron chi connectivity index (χ2n) is 3.95. The molecule has 0 spiro atoms. The van der Waals surface area contributed by atoms with E-state index < -0.39 is 9.84 Å². The van der Waals surface area contributed by atoms with Crippen molar-refractivity contribution in [1.29, 1.82) is 0 Å². The Balaban J connectivity index is 2.72. The molecule has 0 bridgehead atoms. The van der Waals surface area contributed by atoms with Crippen molar-refractivity contribution in [2.24, 2.45) is 0 Å². The average molecular weight is 257 g/mol. The lowest BCUT2D eigenvalue weighted by molar-refractivity contribution is 0.149. The molecule has 17 heavy (non-hydrogen) atoms. The molecule has 0 aliphatic heterocycles. The molecule has 1 aromatic carbocycles. The van der Waals surface area contributed by atoms with Gasteiger partial charge in [-0.2, -0.15) is 0 Å². The number of nitrogen functional groups attached to an aromatic ring is 1. The van der Waals surface area contributed by atoms with Gasteiger partial charge in [0, 0.05) is 12.3 Å². The molecule has 1 aromatic rings. The first-order valence-corrected chi connectivity index (χ1v) is 7.29. The predicted octanol–water partition coefficient (Wildman–Crippen LogP) is 1.78. The van der Waals surface area contributed by atoms with E-state index >= 15 is 0 Å². The van der Waals surface area contributed by atoms with Crippen LogP contribution in [0.5, 0.6) is 0 Å². The van der Waals surface area contributed by atoms with Crippen LogP contribution < -0.4 is 5.73 Å². The maximum atomic E-state index is 11.9. The van der Waals surface area contributed by atoms with Gasteiger partial charge in [-0.25, -0.2) is 8.42 Å². The summed E-state index contributed by atoms with van der Waals surface area (Å²) in [6.07, 6.45) is 0.890. The summed E-state index contributed by atoms with van der Waals surface area (Å²) in [5.41, 5.74) is 7.03. The highest BCUT2D eigenvalue weighted by atomic mass is 32.2. The molecule has 5 heteroatoms. The summed E-state index contributed by atoms with van der Waals surface area (Å²) in [6.45, 7) is 4.61. The number of hydrogen-bond acceptors (Lipinski definition) is 4. The highest BCUT2D eigenvalue weighted by Crippen LogP contribution is 2.17. The van der Waals surface area contributed by atoms with Gasteiger partial charge in [-0.05, 0) is 37.1 Å². The zero-order valence-corrected chi connectivity index (χ0v) is 11.1. The van der Waals surface area contributed by atoms with E-state index in [-0.39, 0.29) is 12.4 Å². The van der Waals surface area contributed by atoms with Gasteiger partial charge >= 0.3 is 0 Å². The first-order valence-electron chi connectivity index (χ1n) is 5.64. The molecule has 0 unspecified atom stereocenters. The summed E-state index contributed by atoms with van der Waals surface area (Å²) < 4.78 is 29.1. The number of aryl methyl sites for hydroxylation is 1. The summed E-state index contributed by atoms with van der Waals surface area (Å²) in [6, 6.07) is 4.76. The topological polar surface area (TPSA) is 69.4 Å². The molecule has 0 fully saturated rings. The van der Waals surface area contributed by atoms with E-state index in [1.165, 1.54) is 6.07 Å². The first-order chi connectivity index (χ1) is 7.97. The van der Waals surface area contributed by atoms with Crippen molar-refractivity contribution >= 4 is 15.5 Å². The van der Waals surface area contributed by atoms with Crippen molar-refractivity contribution in [3.05, 3.63) is 23.8 Å². The number of benzene rings is 1. The Hall–Kier alpha value is -1.07. The van der Waals surface area contributed by atoms with Crippen molar-refractivity contribution in [2.45, 2.75) is 25.2 Å². The van der Waals surface area contributed by atoms with Gasteiger partial charge in [-0.15, -0.1) is 0 Å². The third-order valence-corrected chi connectivity index (χ3v) is 4.12. The third kappa shape index (κ3) is 4.02. The van der Waals surface area contributed by atoms with Gasteiger partial charge in [-0.1, -0.05) is 6.92 Å². The Morgan fingerprint density at radius 1 is 1.29 bits per heavy atom. The number of nitrogens with two attached hydrogens (primary N) is 1. The fourth-order valence-corrected chi connectivity index (χ4v) is 2.58. The molecule has 0 saturated carbocycles. The molecular formula is C12H19NO3S. The van der Waals surface area contributed by atoms with Gasteiger partial charge in [-0.3, -0.25) is 0 Å². The molecule has 0 aromatic heterocycles. The number of hydrogen-bond donors (Lipinski definition) is 1. The Bertz CT molecular complexity index is 469. The standard InChI is InChI=1S/C12H19NO3S/c1-3-6-16-7-8-17(14,15)11-4-5-12(13)10(2)9-11/h4-5,9H,3,6-8,13H2,1-2H3. The van der Waals surface area contributed by atoms with E-state index in [0.29, 0.717) is 17.2 Å². The zero-order chi connectivity index (χ0) is 12.9. The van der Waals surface area contributed by atoms with Crippen molar-refractivity contribution in [3.63, 3.8) is 0 Å². The normalized spacial score (nSPS) is 11.6. The van der Waals surface area contributed by atoms with Crippen LogP contribution in [0.3, 0.4) is 0 Å². The number of ether oxygens (including phenoxy) is 1. The molecule has 4 nitrogen and oxygen atoms in total. The lowest BCUT2D eigenvalue weighted by Gasteiger charge is -2.07. The minimum Gasteiger partial charge on any atom is -0.399 e. The quantitative estimate of drug-likeness (QED) is 0.623. The zero-order valence-electron chi connectivity index (χ0n) is 10.3. The van der Waals surface area contributed by atoms with Crippen molar-refractivity contribution in [1.82, 2.24) is 0 Å². The van der Waals surface area contributed by atoms with Gasteiger partial charge in [0.25, 0.3) is 0 Å². The van der Waals surface area contributed by atoms with Crippen LogP contribution in [-0.4, -0.2) is 27.4 Å². The second-order valence-corrected chi connectivity index (χ2v) is 6.06. The minimum atomic E-state index is -3.26. The summed E-state index contributed by atoms with van der Waals surface area (Å²) in [5, 5.41) is 0. The SMILES string of the molecule is CCCOCCS(=O)(=O)c1ccc(N)c(C)c1. The molecule has 2 N–H and O–H groups in total. The Kier molecular flexibility index (Phi) is 4.96. The molecule has 96 valence electrons. The van der Waals surface area contributed by atoms with Crippen LogP contribution in [0.15, 0.2) is 23.1 Å². The molecule has 1 rings (SSSR count). The van der Waals surface area contributed by atoms with Crippen molar-refractivity contribution < 1.29 is 13.2 Å². The third-order valence-electron chi connectivity index (χ3n) is 2.45. The number of anilines is 1. The molecule has 0 aliphatic carbocycles. The maximum Gasteiger partial charge on any atom is 0.180 e. The monoisotopic (exact) mass is 257 g/mol. The molecule has 0 heterocycles. The summed E-state index contributed by atoms with van der Waals surface area (Å²) >= 11 is 0. The average Bonchev–Trinajstić information content (AvgIpc) is 2.28. The van der Waals surface area contributed by atoms with Crippen LogP contribution in [0.1, 0.15) is 18.9 Å². The van der Waals surface area contributed by atoms with Crippen LogP contribution in [0, 0.1) is 6.92 Å². The number of rotatable bonds is 6. The van der Waals surface area contributed by atoms with Gasteiger partial charge < -0.3 is 10.5 Å². The Morgan fingerprint density at radius 3 is 2.59 bits per heavy atom. The lowest BCUT2D eigenvalue weighted by Crippen LogP contribution is -2.13. The van der Waals surface area contributed by atoms with Gasteiger partial charge in [0.15, 0.2) is 9.84 Å². The molecular weight excluding hydrogens is 238 g/mol. The van der Waals surface area contributed by atoms with Crippen LogP contribution in [0.4, 0.5) is 5.69 Å². The largest absolute Gasteiger partial charge is 0.399 e. The Labute approximate surface area is 103 Å². The van der Waals surface area contributed by atoms with E-state index in [0.717, 1.165) is 12.0 Å². The molecule has 0 saturated heterocycles. The maximum absolute atomic E-state index is 11.9. The van der Waals surface area contributed by atoms with Gasteiger partial charge in [0.05, 0.1) is 17.3 Å².